The fraction of sp³-hybridized carbons (Fsp3) is 0.585. The number of thiazole rings is 1. The zero-order valence-electron chi connectivity index (χ0n) is 32.8. The van der Waals surface area contributed by atoms with Crippen molar-refractivity contribution in [3.8, 4) is 22.2 Å². The van der Waals surface area contributed by atoms with Crippen LogP contribution in [-0.2, 0) is 29.1 Å². The number of aromatic nitrogens is 2. The maximum absolute atomic E-state index is 14.6. The number of benzene rings is 1. The van der Waals surface area contributed by atoms with Crippen LogP contribution < -0.4 is 14.2 Å². The van der Waals surface area contributed by atoms with Crippen molar-refractivity contribution in [2.24, 2.45) is 22.7 Å². The maximum atomic E-state index is 14.6. The predicted molar refractivity (Wildman–Crippen MR) is 215 cm³/mol. The van der Waals surface area contributed by atoms with Gasteiger partial charge in [0.2, 0.25) is 21.8 Å². The van der Waals surface area contributed by atoms with Crippen LogP contribution in [0.15, 0.2) is 36.2 Å². The van der Waals surface area contributed by atoms with E-state index in [1.165, 1.54) is 11.3 Å². The van der Waals surface area contributed by atoms with E-state index in [-0.39, 0.29) is 47.7 Å². The second kappa shape index (κ2) is 15.3. The number of carbonyl (C=O) groups is 3. The highest BCUT2D eigenvalue weighted by Gasteiger charge is 2.62. The van der Waals surface area contributed by atoms with Crippen molar-refractivity contribution in [2.45, 2.75) is 109 Å². The number of pyridine rings is 1. The molecule has 15 heteroatoms. The molecule has 4 aliphatic rings. The van der Waals surface area contributed by atoms with Gasteiger partial charge >= 0.3 is 0 Å². The Hall–Kier alpha value is -3.59. The lowest BCUT2D eigenvalue weighted by Crippen LogP contribution is -2.55. The smallest absolute Gasteiger partial charge is 0.240 e. The molecule has 4 heterocycles. The van der Waals surface area contributed by atoms with Crippen LogP contribution in [0.2, 0.25) is 5.02 Å². The normalized spacial score (nSPS) is 26.3. The number of allylic oxidation sites excluding steroid dienone is 1. The number of amides is 2. The van der Waals surface area contributed by atoms with Crippen LogP contribution in [0.25, 0.3) is 21.6 Å². The fourth-order valence-corrected chi connectivity index (χ4v) is 10.9. The van der Waals surface area contributed by atoms with Gasteiger partial charge in [-0.1, -0.05) is 52.3 Å². The summed E-state index contributed by atoms with van der Waals surface area (Å²) >= 11 is 8.45. The molecule has 1 N–H and O–H groups in total. The van der Waals surface area contributed by atoms with Crippen molar-refractivity contribution in [1.82, 2.24) is 19.6 Å². The number of sulfonamides is 1. The van der Waals surface area contributed by atoms with E-state index in [4.69, 9.17) is 35.8 Å². The number of fused-ring (bicyclic) bond motifs is 2. The minimum atomic E-state index is -3.83. The lowest BCUT2D eigenvalue weighted by atomic mass is 9.74. The highest BCUT2D eigenvalue weighted by Crippen LogP contribution is 2.57. The van der Waals surface area contributed by atoms with E-state index < -0.39 is 44.8 Å². The number of ether oxygens (including phenoxy) is 3. The summed E-state index contributed by atoms with van der Waals surface area (Å²) in [6, 6.07) is 4.15. The molecule has 2 saturated heterocycles. The Morgan fingerprint density at radius 1 is 1.14 bits per heavy atom. The Morgan fingerprint density at radius 3 is 2.52 bits per heavy atom. The lowest BCUT2D eigenvalue weighted by molar-refractivity contribution is -0.151. The summed E-state index contributed by atoms with van der Waals surface area (Å²) in [7, 11) is -2.24. The first-order valence-corrected chi connectivity index (χ1v) is 22.2. The van der Waals surface area contributed by atoms with E-state index in [0.29, 0.717) is 83.4 Å². The molecular weight excluding hydrogens is 776 g/mol. The van der Waals surface area contributed by atoms with E-state index in [9.17, 15) is 22.8 Å². The van der Waals surface area contributed by atoms with Gasteiger partial charge in [0, 0.05) is 42.7 Å². The monoisotopic (exact) mass is 826 g/mol. The topological polar surface area (TPSA) is 154 Å². The minimum Gasteiger partial charge on any atom is -0.490 e. The molecule has 6 atom stereocenters. The number of methoxy groups -OCH3 is 1. The predicted octanol–water partition coefficient (Wildman–Crippen LogP) is 7.09. The average molecular weight is 827 g/mol. The van der Waals surface area contributed by atoms with Crippen LogP contribution in [0, 0.1) is 22.7 Å². The summed E-state index contributed by atoms with van der Waals surface area (Å²) in [6.45, 7) is 14.8. The van der Waals surface area contributed by atoms with Gasteiger partial charge in [-0.2, -0.15) is 0 Å². The maximum Gasteiger partial charge on any atom is 0.240 e. The van der Waals surface area contributed by atoms with Crippen molar-refractivity contribution in [1.29, 1.82) is 0 Å². The number of nitrogens with zero attached hydrogens (tertiary/aromatic N) is 3. The summed E-state index contributed by atoms with van der Waals surface area (Å²) in [6.07, 6.45) is 3.56. The third-order valence-corrected chi connectivity index (χ3v) is 14.9. The quantitative estimate of drug-likeness (QED) is 0.124. The first-order chi connectivity index (χ1) is 26.5. The Labute approximate surface area is 337 Å². The van der Waals surface area contributed by atoms with Crippen molar-refractivity contribution < 1.29 is 37.0 Å². The molecule has 0 unspecified atom stereocenters. The number of ketones is 1. The number of hydrogen-bond acceptors (Lipinski definition) is 11. The third-order valence-electron chi connectivity index (χ3n) is 11.9. The van der Waals surface area contributed by atoms with Crippen LogP contribution in [0.3, 0.4) is 0 Å². The number of nitrogens with one attached hydrogen (secondary N) is 1. The first kappa shape index (κ1) is 40.6. The molecule has 302 valence electrons. The molecule has 2 amide bonds. The van der Waals surface area contributed by atoms with Crippen LogP contribution in [0.4, 0.5) is 0 Å². The third kappa shape index (κ3) is 7.70. The van der Waals surface area contributed by atoms with E-state index in [2.05, 4.69) is 25.1 Å². The minimum absolute atomic E-state index is 0.116. The Balaban J connectivity index is 1.24. The zero-order valence-corrected chi connectivity index (χ0v) is 35.2. The van der Waals surface area contributed by atoms with Gasteiger partial charge in [-0.15, -0.1) is 17.9 Å². The van der Waals surface area contributed by atoms with Crippen LogP contribution in [0.1, 0.15) is 91.2 Å². The second-order valence-corrected chi connectivity index (χ2v) is 20.3. The molecule has 0 radical (unpaired) electrons. The van der Waals surface area contributed by atoms with Gasteiger partial charge in [0.15, 0.2) is 5.78 Å². The molecule has 3 aromatic rings. The molecule has 2 aromatic heterocycles. The Kier molecular flexibility index (Phi) is 11.1. The standard InChI is InChI=1S/C41H51ClN4O8S2/c1-8-23-19-41(23,39(49)45-56(50,51)24-9-10-24)20-31(47)30-18-34(29-13-12-26(40(4,5)6)38(48)46(29)30)54-33-17-27(37-44-28(21-55-37)22(2)3)43-36-25(33)11-14-32(35(36)42)53-16-15-52-7/h8,11,14,17,21-24,26,29-30,34H,1,9-10,12-13,15-16,18-20H2,2-7H3,(H,45,49)/t23-,26+,29-,30+,34-,41-/m1/s1. The molecule has 2 aliphatic heterocycles. The van der Waals surface area contributed by atoms with Crippen molar-refractivity contribution >= 4 is 61.5 Å². The molecule has 0 bridgehead atoms. The van der Waals surface area contributed by atoms with Crippen molar-refractivity contribution in [3.05, 3.63) is 47.0 Å². The van der Waals surface area contributed by atoms with Gasteiger partial charge in [0.1, 0.15) is 39.9 Å². The van der Waals surface area contributed by atoms with E-state index >= 15 is 0 Å². The second-order valence-electron chi connectivity index (χ2n) is 17.1. The van der Waals surface area contributed by atoms with Crippen molar-refractivity contribution in [3.63, 3.8) is 0 Å². The summed E-state index contributed by atoms with van der Waals surface area (Å²) in [4.78, 5) is 54.2. The molecule has 7 rings (SSSR count). The number of halogens is 1. The molecule has 1 aromatic carbocycles. The Morgan fingerprint density at radius 2 is 1.89 bits per heavy atom. The van der Waals surface area contributed by atoms with Crippen molar-refractivity contribution in [2.75, 3.05) is 20.3 Å². The number of rotatable bonds is 15. The van der Waals surface area contributed by atoms with Gasteiger partial charge in [-0.3, -0.25) is 19.1 Å². The molecule has 56 heavy (non-hydrogen) atoms. The molecule has 2 saturated carbocycles. The summed E-state index contributed by atoms with van der Waals surface area (Å²) < 4.78 is 45.9. The molecule has 2 aliphatic carbocycles. The van der Waals surface area contributed by atoms with E-state index in [1.54, 1.807) is 24.2 Å². The lowest BCUT2D eigenvalue weighted by Gasteiger charge is -2.43. The highest BCUT2D eigenvalue weighted by atomic mass is 35.5. The van der Waals surface area contributed by atoms with E-state index in [1.807, 2.05) is 38.3 Å². The highest BCUT2D eigenvalue weighted by molar-refractivity contribution is 7.90. The first-order valence-electron chi connectivity index (χ1n) is 19.4. The van der Waals surface area contributed by atoms with Gasteiger partial charge in [-0.25, -0.2) is 18.4 Å². The molecule has 4 fully saturated rings. The summed E-state index contributed by atoms with van der Waals surface area (Å²) in [5.41, 5.74) is 0.369. The average Bonchev–Trinajstić information content (AvgIpc) is 4.03. The summed E-state index contributed by atoms with van der Waals surface area (Å²) in [5, 5.41) is 3.05. The van der Waals surface area contributed by atoms with E-state index in [0.717, 1.165) is 5.69 Å². The van der Waals surface area contributed by atoms with Crippen LogP contribution in [0.5, 0.6) is 11.5 Å². The summed E-state index contributed by atoms with van der Waals surface area (Å²) in [5.74, 6) is -0.630. The number of hydrogen-bond donors (Lipinski definition) is 1. The molecule has 0 spiro atoms. The van der Waals surface area contributed by atoms with Gasteiger partial charge in [0.25, 0.3) is 0 Å². The van der Waals surface area contributed by atoms with Gasteiger partial charge < -0.3 is 19.1 Å². The van der Waals surface area contributed by atoms with Crippen LogP contribution in [-0.4, -0.2) is 84.6 Å². The Bertz CT molecular complexity index is 2160. The number of piperidine rings is 1. The van der Waals surface area contributed by atoms with Gasteiger partial charge in [-0.05, 0) is 61.5 Å². The number of carbonyl (C=O) groups excluding carboxylic acids is 3. The molecule has 12 nitrogen and oxygen atoms in total. The van der Waals surface area contributed by atoms with Gasteiger partial charge in [0.05, 0.1) is 40.6 Å². The largest absolute Gasteiger partial charge is 0.490 e. The fourth-order valence-electron chi connectivity index (χ4n) is 8.30. The number of Topliss-reactive ketones (excluding diaryl/α,β-unsaturated/α-hetero) is 1. The van der Waals surface area contributed by atoms with Crippen LogP contribution >= 0.6 is 22.9 Å². The zero-order chi connectivity index (χ0) is 40.3. The molecular formula is C41H51ClN4O8S2. The SMILES string of the molecule is C=C[C@@H]1C[C@]1(CC(=O)[C@@H]1C[C@@H](Oc2cc(-c3nc(C(C)C)cs3)nc3c(Cl)c(OCCOC)ccc23)[C@H]2CC[C@H](C(C)(C)C)C(=O)N21)C(=O)NS(=O)(=O)C1CC1.